The van der Waals surface area contributed by atoms with E-state index >= 15 is 0 Å². The molecule has 2 heterocycles. The molecule has 2 aromatic heterocycles. The molecule has 1 aromatic carbocycles. The number of ketones is 1. The van der Waals surface area contributed by atoms with Crippen LogP contribution in [0.25, 0.3) is 10.2 Å². The van der Waals surface area contributed by atoms with Crippen LogP contribution in [0.15, 0.2) is 34.2 Å². The van der Waals surface area contributed by atoms with Crippen molar-refractivity contribution in [1.29, 1.82) is 0 Å². The number of hydrogen-bond acceptors (Lipinski definition) is 7. The average Bonchev–Trinajstić information content (AvgIpc) is 3.17. The predicted molar refractivity (Wildman–Crippen MR) is 133 cm³/mol. The van der Waals surface area contributed by atoms with Gasteiger partial charge in [0.25, 0.3) is 5.56 Å². The fourth-order valence-electron chi connectivity index (χ4n) is 4.06. The molecule has 1 amide bonds. The first-order valence-electron chi connectivity index (χ1n) is 11.0. The van der Waals surface area contributed by atoms with E-state index in [1.54, 1.807) is 47.3 Å². The van der Waals surface area contributed by atoms with E-state index in [2.05, 4.69) is 5.32 Å². The SMILES string of the molecule is COCCn1c(SC(C)C(=O)c2ccc(NC(C)=O)cc2)nc2sc3c(c2c1=O)CCCC3. The van der Waals surface area contributed by atoms with E-state index in [-0.39, 0.29) is 17.2 Å². The lowest BCUT2D eigenvalue weighted by atomic mass is 9.97. The Kier molecular flexibility index (Phi) is 7.31. The van der Waals surface area contributed by atoms with Crippen molar-refractivity contribution < 1.29 is 14.3 Å². The van der Waals surface area contributed by atoms with Gasteiger partial charge in [0.1, 0.15) is 4.83 Å². The number of amides is 1. The van der Waals surface area contributed by atoms with Gasteiger partial charge in [-0.15, -0.1) is 11.3 Å². The molecule has 9 heteroatoms. The molecule has 1 N–H and O–H groups in total. The van der Waals surface area contributed by atoms with Crippen LogP contribution in [0.3, 0.4) is 0 Å². The fraction of sp³-hybridized carbons (Fsp3) is 0.417. The fourth-order valence-corrected chi connectivity index (χ4v) is 6.37. The first kappa shape index (κ1) is 23.7. The number of nitrogens with one attached hydrogen (secondary N) is 1. The zero-order valence-electron chi connectivity index (χ0n) is 19.0. The number of Topliss-reactive ketones (excluding diaryl/α,β-unsaturated/α-hetero) is 1. The Labute approximate surface area is 200 Å². The molecule has 3 aromatic rings. The third-order valence-electron chi connectivity index (χ3n) is 5.70. The first-order valence-corrected chi connectivity index (χ1v) is 12.7. The molecule has 0 bridgehead atoms. The van der Waals surface area contributed by atoms with Gasteiger partial charge in [0.2, 0.25) is 5.91 Å². The van der Waals surface area contributed by atoms with Crippen molar-refractivity contribution in [2.24, 2.45) is 0 Å². The summed E-state index contributed by atoms with van der Waals surface area (Å²) >= 11 is 2.91. The molecule has 1 aliphatic rings. The number of methoxy groups -OCH3 is 1. The van der Waals surface area contributed by atoms with Gasteiger partial charge in [-0.05, 0) is 62.4 Å². The summed E-state index contributed by atoms with van der Waals surface area (Å²) in [6.45, 7) is 4.04. The number of fused-ring (bicyclic) bond motifs is 3. The molecule has 1 aliphatic carbocycles. The number of aromatic nitrogens is 2. The van der Waals surface area contributed by atoms with Gasteiger partial charge in [0, 0.05) is 30.2 Å². The van der Waals surface area contributed by atoms with Gasteiger partial charge in [-0.3, -0.25) is 19.0 Å². The number of anilines is 1. The monoisotopic (exact) mass is 485 g/mol. The van der Waals surface area contributed by atoms with Crippen LogP contribution in [0.2, 0.25) is 0 Å². The minimum absolute atomic E-state index is 0.0433. The van der Waals surface area contributed by atoms with E-state index in [1.807, 2.05) is 6.92 Å². The Morgan fingerprint density at radius 3 is 2.67 bits per heavy atom. The van der Waals surface area contributed by atoms with Crippen molar-refractivity contribution in [3.63, 3.8) is 0 Å². The second-order valence-electron chi connectivity index (χ2n) is 8.12. The maximum atomic E-state index is 13.5. The lowest BCUT2D eigenvalue weighted by Gasteiger charge is -2.16. The molecule has 0 spiro atoms. The Morgan fingerprint density at radius 1 is 1.24 bits per heavy atom. The molecule has 7 nitrogen and oxygen atoms in total. The molecule has 1 unspecified atom stereocenters. The number of carbonyl (C=O) groups excluding carboxylic acids is 2. The van der Waals surface area contributed by atoms with Crippen molar-refractivity contribution in [3.05, 3.63) is 50.6 Å². The molecule has 4 rings (SSSR count). The first-order chi connectivity index (χ1) is 15.9. The van der Waals surface area contributed by atoms with Crippen molar-refractivity contribution in [2.45, 2.75) is 56.5 Å². The zero-order valence-corrected chi connectivity index (χ0v) is 20.6. The molecule has 33 heavy (non-hydrogen) atoms. The summed E-state index contributed by atoms with van der Waals surface area (Å²) < 4.78 is 6.89. The average molecular weight is 486 g/mol. The van der Waals surface area contributed by atoms with Gasteiger partial charge in [-0.25, -0.2) is 4.98 Å². The maximum Gasteiger partial charge on any atom is 0.263 e. The topological polar surface area (TPSA) is 90.3 Å². The summed E-state index contributed by atoms with van der Waals surface area (Å²) in [6, 6.07) is 6.82. The highest BCUT2D eigenvalue weighted by molar-refractivity contribution is 8.00. The van der Waals surface area contributed by atoms with Crippen molar-refractivity contribution in [2.75, 3.05) is 19.0 Å². The summed E-state index contributed by atoms with van der Waals surface area (Å²) in [5.74, 6) is -0.226. The van der Waals surface area contributed by atoms with Crippen LogP contribution in [0.1, 0.15) is 47.5 Å². The Morgan fingerprint density at radius 2 is 1.97 bits per heavy atom. The standard InChI is InChI=1S/C24H27N3O4S2/c1-14(21(29)16-8-10-17(11-9-16)25-15(2)28)32-24-26-22-20(23(30)27(24)12-13-31-3)18-6-4-5-7-19(18)33-22/h8-11,14H,4-7,12-13H2,1-3H3,(H,25,28). The number of thiophene rings is 1. The summed E-state index contributed by atoms with van der Waals surface area (Å²) in [7, 11) is 1.60. The van der Waals surface area contributed by atoms with Gasteiger partial charge in [-0.2, -0.15) is 0 Å². The number of aryl methyl sites for hydroxylation is 2. The van der Waals surface area contributed by atoms with E-state index in [0.717, 1.165) is 41.5 Å². The second kappa shape index (κ2) is 10.2. The van der Waals surface area contributed by atoms with Crippen molar-refractivity contribution in [3.8, 4) is 0 Å². The zero-order chi connectivity index (χ0) is 23.5. The molecular formula is C24H27N3O4S2. The van der Waals surface area contributed by atoms with Crippen molar-refractivity contribution >= 4 is 50.7 Å². The number of nitrogens with zero attached hydrogens (tertiary/aromatic N) is 2. The minimum Gasteiger partial charge on any atom is -0.383 e. The van der Waals surface area contributed by atoms with E-state index in [9.17, 15) is 14.4 Å². The lowest BCUT2D eigenvalue weighted by molar-refractivity contribution is -0.114. The second-order valence-corrected chi connectivity index (χ2v) is 10.5. The third-order valence-corrected chi connectivity index (χ3v) is 7.98. The number of hydrogen-bond donors (Lipinski definition) is 1. The van der Waals surface area contributed by atoms with Crippen LogP contribution in [-0.2, 0) is 28.9 Å². The molecule has 0 aliphatic heterocycles. The molecule has 1 atom stereocenters. The van der Waals surface area contributed by atoms with Crippen LogP contribution < -0.4 is 10.9 Å². The van der Waals surface area contributed by atoms with E-state index in [0.29, 0.717) is 29.6 Å². The summed E-state index contributed by atoms with van der Waals surface area (Å²) in [6.07, 6.45) is 4.16. The number of rotatable bonds is 8. The summed E-state index contributed by atoms with van der Waals surface area (Å²) in [4.78, 5) is 44.6. The predicted octanol–water partition coefficient (Wildman–Crippen LogP) is 4.31. The van der Waals surface area contributed by atoms with Gasteiger partial charge in [0.15, 0.2) is 10.9 Å². The molecule has 0 fully saturated rings. The lowest BCUT2D eigenvalue weighted by Crippen LogP contribution is -2.27. The highest BCUT2D eigenvalue weighted by Gasteiger charge is 2.25. The number of ether oxygens (including phenoxy) is 1. The molecule has 0 radical (unpaired) electrons. The van der Waals surface area contributed by atoms with E-state index < -0.39 is 5.25 Å². The quantitative estimate of drug-likeness (QED) is 0.291. The third kappa shape index (κ3) is 5.05. The van der Waals surface area contributed by atoms with Gasteiger partial charge in [0.05, 0.1) is 23.8 Å². The number of benzene rings is 1. The van der Waals surface area contributed by atoms with Crippen LogP contribution in [0, 0.1) is 0 Å². The molecular weight excluding hydrogens is 458 g/mol. The molecule has 0 saturated carbocycles. The van der Waals surface area contributed by atoms with Gasteiger partial charge < -0.3 is 10.1 Å². The Balaban J connectivity index is 1.64. The smallest absolute Gasteiger partial charge is 0.263 e. The van der Waals surface area contributed by atoms with Crippen LogP contribution >= 0.6 is 23.1 Å². The molecule has 174 valence electrons. The van der Waals surface area contributed by atoms with Crippen LogP contribution in [0.4, 0.5) is 5.69 Å². The summed E-state index contributed by atoms with van der Waals surface area (Å²) in [5.41, 5.74) is 2.30. The van der Waals surface area contributed by atoms with Crippen LogP contribution in [0.5, 0.6) is 0 Å². The Hall–Kier alpha value is -2.49. The normalized spacial score (nSPS) is 14.2. The van der Waals surface area contributed by atoms with E-state index in [4.69, 9.17) is 9.72 Å². The molecule has 0 saturated heterocycles. The highest BCUT2D eigenvalue weighted by atomic mass is 32.2. The maximum absolute atomic E-state index is 13.5. The van der Waals surface area contributed by atoms with Crippen LogP contribution in [-0.4, -0.2) is 40.2 Å². The highest BCUT2D eigenvalue weighted by Crippen LogP contribution is 2.35. The summed E-state index contributed by atoms with van der Waals surface area (Å²) in [5, 5.41) is 3.54. The van der Waals surface area contributed by atoms with Gasteiger partial charge >= 0.3 is 0 Å². The van der Waals surface area contributed by atoms with Gasteiger partial charge in [-0.1, -0.05) is 11.8 Å². The minimum atomic E-state index is -0.440. The number of thioether (sulfide) groups is 1. The Bertz CT molecular complexity index is 1250. The van der Waals surface area contributed by atoms with E-state index in [1.165, 1.54) is 23.6 Å². The largest absolute Gasteiger partial charge is 0.383 e. The number of carbonyl (C=O) groups is 2. The van der Waals surface area contributed by atoms with Crippen molar-refractivity contribution in [1.82, 2.24) is 9.55 Å².